The first-order valence-electron chi connectivity index (χ1n) is 5.85. The normalized spacial score (nSPS) is 16.9. The molecule has 18 heavy (non-hydrogen) atoms. The third kappa shape index (κ3) is 2.87. The summed E-state index contributed by atoms with van der Waals surface area (Å²) < 4.78 is 0. The second-order valence-electron chi connectivity index (χ2n) is 4.56. The van der Waals surface area contributed by atoms with E-state index in [4.69, 9.17) is 5.11 Å². The van der Waals surface area contributed by atoms with Crippen LogP contribution in [0.2, 0.25) is 0 Å². The van der Waals surface area contributed by atoms with Crippen molar-refractivity contribution in [2.24, 2.45) is 0 Å². The molecule has 1 aromatic carbocycles. The fraction of sp³-hybridized carbons (Fsp3) is 0.385. The maximum absolute atomic E-state index is 11.8. The van der Waals surface area contributed by atoms with Gasteiger partial charge in [0.2, 0.25) is 5.91 Å². The fourth-order valence-corrected chi connectivity index (χ4v) is 1.97. The molecule has 0 aromatic heterocycles. The molecule has 1 N–H and O–H groups in total. The smallest absolute Gasteiger partial charge is 0.335 e. The number of aromatic carboxylic acids is 1. The molecule has 0 atom stereocenters. The van der Waals surface area contributed by atoms with Crippen molar-refractivity contribution < 1.29 is 14.7 Å². The van der Waals surface area contributed by atoms with Crippen LogP contribution in [0, 0.1) is 0 Å². The number of hydrogen-bond acceptors (Lipinski definition) is 3. The van der Waals surface area contributed by atoms with E-state index in [1.165, 1.54) is 0 Å². The van der Waals surface area contributed by atoms with Gasteiger partial charge in [-0.25, -0.2) is 4.79 Å². The van der Waals surface area contributed by atoms with Crippen molar-refractivity contribution in [3.05, 3.63) is 35.4 Å². The quantitative estimate of drug-likeness (QED) is 0.853. The minimum atomic E-state index is -0.933. The number of rotatable bonds is 3. The molecule has 1 amide bonds. The molecule has 0 unspecified atom stereocenters. The summed E-state index contributed by atoms with van der Waals surface area (Å²) in [4.78, 5) is 26.3. The summed E-state index contributed by atoms with van der Waals surface area (Å²) in [6, 6.07) is 6.65. The van der Waals surface area contributed by atoms with Crippen LogP contribution in [0.5, 0.6) is 0 Å². The highest BCUT2D eigenvalue weighted by Crippen LogP contribution is 2.10. The van der Waals surface area contributed by atoms with E-state index >= 15 is 0 Å². The average Bonchev–Trinajstić information content (AvgIpc) is 2.33. The molecule has 5 heteroatoms. The van der Waals surface area contributed by atoms with E-state index in [0.717, 1.165) is 18.7 Å². The van der Waals surface area contributed by atoms with Crippen molar-refractivity contribution in [3.63, 3.8) is 0 Å². The van der Waals surface area contributed by atoms with Gasteiger partial charge in [0.25, 0.3) is 0 Å². The number of carbonyl (C=O) groups is 2. The van der Waals surface area contributed by atoms with E-state index in [2.05, 4.69) is 0 Å². The lowest BCUT2D eigenvalue weighted by atomic mass is 10.1. The third-order valence-electron chi connectivity index (χ3n) is 3.08. The van der Waals surface area contributed by atoms with E-state index < -0.39 is 5.97 Å². The molecule has 0 aliphatic carbocycles. The summed E-state index contributed by atoms with van der Waals surface area (Å²) in [5, 5.41) is 8.80. The van der Waals surface area contributed by atoms with Gasteiger partial charge in [-0.1, -0.05) is 12.1 Å². The van der Waals surface area contributed by atoms with Gasteiger partial charge in [-0.05, 0) is 24.7 Å². The Morgan fingerprint density at radius 1 is 1.28 bits per heavy atom. The lowest BCUT2D eigenvalue weighted by Gasteiger charge is -2.32. The lowest BCUT2D eigenvalue weighted by Crippen LogP contribution is -2.48. The Labute approximate surface area is 106 Å². The van der Waals surface area contributed by atoms with E-state index in [-0.39, 0.29) is 11.5 Å². The minimum Gasteiger partial charge on any atom is -0.478 e. The standard InChI is InChI=1S/C13H16N2O3/c1-14-6-7-15(12(16)9-14)8-10-2-4-11(5-3-10)13(17)18/h2-5H,6-9H2,1H3,(H,17,18). The zero-order valence-corrected chi connectivity index (χ0v) is 10.3. The molecule has 1 aromatic rings. The van der Waals surface area contributed by atoms with Crippen molar-refractivity contribution in [1.29, 1.82) is 0 Å². The van der Waals surface area contributed by atoms with Crippen molar-refractivity contribution in [1.82, 2.24) is 9.80 Å². The molecule has 96 valence electrons. The molecule has 1 aliphatic rings. The Bertz CT molecular complexity index is 456. The van der Waals surface area contributed by atoms with Crippen LogP contribution in [0.15, 0.2) is 24.3 Å². The number of likely N-dealkylation sites (N-methyl/N-ethyl adjacent to an activating group) is 1. The number of carboxylic acid groups (broad SMARTS) is 1. The van der Waals surface area contributed by atoms with Gasteiger partial charge >= 0.3 is 5.97 Å². The molecule has 1 heterocycles. The number of carbonyl (C=O) groups excluding carboxylic acids is 1. The zero-order valence-electron chi connectivity index (χ0n) is 10.3. The molecule has 0 saturated carbocycles. The Morgan fingerprint density at radius 3 is 2.50 bits per heavy atom. The molecule has 1 aliphatic heterocycles. The topological polar surface area (TPSA) is 60.9 Å². The summed E-state index contributed by atoms with van der Waals surface area (Å²) in [7, 11) is 1.93. The van der Waals surface area contributed by atoms with Crippen LogP contribution >= 0.6 is 0 Å². The number of hydrogen-bond donors (Lipinski definition) is 1. The predicted octanol–water partition coefficient (Wildman–Crippen LogP) is 0.659. The van der Waals surface area contributed by atoms with Gasteiger partial charge in [0.05, 0.1) is 12.1 Å². The fourth-order valence-electron chi connectivity index (χ4n) is 1.97. The van der Waals surface area contributed by atoms with Crippen LogP contribution in [0.4, 0.5) is 0 Å². The van der Waals surface area contributed by atoms with Crippen LogP contribution < -0.4 is 0 Å². The highest BCUT2D eigenvalue weighted by atomic mass is 16.4. The molecule has 2 rings (SSSR count). The van der Waals surface area contributed by atoms with Crippen LogP contribution in [0.25, 0.3) is 0 Å². The zero-order chi connectivity index (χ0) is 13.1. The monoisotopic (exact) mass is 248 g/mol. The summed E-state index contributed by atoms with van der Waals surface area (Å²) in [5.74, 6) is -0.816. The molecule has 5 nitrogen and oxygen atoms in total. The van der Waals surface area contributed by atoms with Crippen LogP contribution in [0.1, 0.15) is 15.9 Å². The average molecular weight is 248 g/mol. The first-order chi connectivity index (χ1) is 8.56. The van der Waals surface area contributed by atoms with Gasteiger partial charge in [0.1, 0.15) is 0 Å². The van der Waals surface area contributed by atoms with E-state index in [0.29, 0.717) is 13.1 Å². The van der Waals surface area contributed by atoms with E-state index in [1.807, 2.05) is 11.9 Å². The Morgan fingerprint density at radius 2 is 1.94 bits per heavy atom. The first-order valence-corrected chi connectivity index (χ1v) is 5.85. The summed E-state index contributed by atoms with van der Waals surface area (Å²) in [6.07, 6.45) is 0. The Hall–Kier alpha value is -1.88. The molecule has 0 spiro atoms. The largest absolute Gasteiger partial charge is 0.478 e. The van der Waals surface area contributed by atoms with Crippen LogP contribution in [-0.4, -0.2) is 53.5 Å². The summed E-state index contributed by atoms with van der Waals surface area (Å²) in [6.45, 7) is 2.59. The highest BCUT2D eigenvalue weighted by molar-refractivity contribution is 5.87. The van der Waals surface area contributed by atoms with Gasteiger partial charge in [0.15, 0.2) is 0 Å². The van der Waals surface area contributed by atoms with Crippen LogP contribution in [0.3, 0.4) is 0 Å². The number of carboxylic acids is 1. The van der Waals surface area contributed by atoms with Gasteiger partial charge in [0, 0.05) is 19.6 Å². The Kier molecular flexibility index (Phi) is 3.62. The van der Waals surface area contributed by atoms with E-state index in [1.54, 1.807) is 29.2 Å². The Balaban J connectivity index is 2.01. The second kappa shape index (κ2) is 5.18. The molecule has 0 radical (unpaired) electrons. The van der Waals surface area contributed by atoms with Gasteiger partial charge in [-0.15, -0.1) is 0 Å². The molecule has 1 saturated heterocycles. The lowest BCUT2D eigenvalue weighted by molar-refractivity contribution is -0.136. The van der Waals surface area contributed by atoms with Crippen molar-refractivity contribution in [3.8, 4) is 0 Å². The molecule has 0 bridgehead atoms. The maximum Gasteiger partial charge on any atom is 0.335 e. The summed E-state index contributed by atoms with van der Waals surface area (Å²) in [5.41, 5.74) is 1.22. The SMILES string of the molecule is CN1CCN(Cc2ccc(C(=O)O)cc2)C(=O)C1. The number of benzene rings is 1. The minimum absolute atomic E-state index is 0.117. The van der Waals surface area contributed by atoms with Crippen molar-refractivity contribution >= 4 is 11.9 Å². The van der Waals surface area contributed by atoms with E-state index in [9.17, 15) is 9.59 Å². The second-order valence-corrected chi connectivity index (χ2v) is 4.56. The number of piperazine rings is 1. The van der Waals surface area contributed by atoms with Crippen molar-refractivity contribution in [2.75, 3.05) is 26.7 Å². The first kappa shape index (κ1) is 12.6. The van der Waals surface area contributed by atoms with Crippen molar-refractivity contribution in [2.45, 2.75) is 6.54 Å². The molecule has 1 fully saturated rings. The highest BCUT2D eigenvalue weighted by Gasteiger charge is 2.21. The van der Waals surface area contributed by atoms with Gasteiger partial charge < -0.3 is 10.0 Å². The van der Waals surface area contributed by atoms with Crippen LogP contribution in [-0.2, 0) is 11.3 Å². The third-order valence-corrected chi connectivity index (χ3v) is 3.08. The maximum atomic E-state index is 11.8. The van der Waals surface area contributed by atoms with Gasteiger partial charge in [-0.3, -0.25) is 9.69 Å². The molecular formula is C13H16N2O3. The number of amides is 1. The molecular weight excluding hydrogens is 232 g/mol. The number of nitrogens with zero attached hydrogens (tertiary/aromatic N) is 2. The summed E-state index contributed by atoms with van der Waals surface area (Å²) >= 11 is 0. The van der Waals surface area contributed by atoms with Gasteiger partial charge in [-0.2, -0.15) is 0 Å². The predicted molar refractivity (Wildman–Crippen MR) is 66.3 cm³/mol.